The van der Waals surface area contributed by atoms with E-state index in [1.165, 1.54) is 38.0 Å². The van der Waals surface area contributed by atoms with E-state index in [1.54, 1.807) is 0 Å². The smallest absolute Gasteiger partial charge is 0.125 e. The van der Waals surface area contributed by atoms with Crippen molar-refractivity contribution < 1.29 is 0 Å². The first-order valence-corrected chi connectivity index (χ1v) is 6.26. The zero-order valence-corrected chi connectivity index (χ0v) is 10.3. The number of piperidine rings is 1. The summed E-state index contributed by atoms with van der Waals surface area (Å²) in [6.07, 6.45) is 5.03. The summed E-state index contributed by atoms with van der Waals surface area (Å²) in [4.78, 5) is 8.80. The zero-order valence-electron chi connectivity index (χ0n) is 10.3. The Morgan fingerprint density at radius 2 is 2.00 bits per heavy atom. The number of nitrogens with one attached hydrogen (secondary N) is 1. The summed E-state index contributed by atoms with van der Waals surface area (Å²) in [5.41, 5.74) is 2.30. The van der Waals surface area contributed by atoms with Crippen molar-refractivity contribution in [1.82, 2.24) is 15.3 Å². The van der Waals surface area contributed by atoms with Gasteiger partial charge in [0.25, 0.3) is 0 Å². The fraction of sp³-hybridized carbons (Fsp3) is 0.692. The van der Waals surface area contributed by atoms with E-state index >= 15 is 0 Å². The number of hydrogen-bond acceptors (Lipinski definition) is 3. The first kappa shape index (κ1) is 11.5. The molecule has 2 rings (SSSR count). The average molecular weight is 219 g/mol. The van der Waals surface area contributed by atoms with Crippen LogP contribution in [0, 0.1) is 19.8 Å². The van der Waals surface area contributed by atoms with E-state index in [1.807, 2.05) is 13.8 Å². The minimum Gasteiger partial charge on any atom is -0.317 e. The van der Waals surface area contributed by atoms with Crippen molar-refractivity contribution in [3.8, 4) is 0 Å². The van der Waals surface area contributed by atoms with Crippen molar-refractivity contribution in [2.75, 3.05) is 13.1 Å². The Morgan fingerprint density at radius 1 is 1.25 bits per heavy atom. The number of rotatable bonds is 3. The molecule has 3 nitrogen and oxygen atoms in total. The molecule has 0 saturated carbocycles. The molecular formula is C13H21N3. The summed E-state index contributed by atoms with van der Waals surface area (Å²) in [5.74, 6) is 1.79. The lowest BCUT2D eigenvalue weighted by atomic mass is 9.92. The van der Waals surface area contributed by atoms with Crippen molar-refractivity contribution in [2.45, 2.75) is 39.5 Å². The number of hydrogen-bond donors (Lipinski definition) is 1. The van der Waals surface area contributed by atoms with Crippen LogP contribution >= 0.6 is 0 Å². The highest BCUT2D eigenvalue weighted by molar-refractivity contribution is 5.09. The highest BCUT2D eigenvalue weighted by Crippen LogP contribution is 2.18. The molecule has 1 aliphatic rings. The lowest BCUT2D eigenvalue weighted by molar-refractivity contribution is 0.353. The van der Waals surface area contributed by atoms with Gasteiger partial charge in [0.2, 0.25) is 0 Å². The van der Waals surface area contributed by atoms with Crippen LogP contribution in [0.5, 0.6) is 0 Å². The van der Waals surface area contributed by atoms with Crippen LogP contribution in [-0.4, -0.2) is 23.1 Å². The molecule has 1 fully saturated rings. The fourth-order valence-corrected chi connectivity index (χ4v) is 2.44. The molecule has 0 spiro atoms. The molecule has 0 amide bonds. The third kappa shape index (κ3) is 3.27. The number of nitrogens with zero attached hydrogens (tertiary/aromatic N) is 2. The van der Waals surface area contributed by atoms with E-state index in [2.05, 4.69) is 21.4 Å². The summed E-state index contributed by atoms with van der Waals surface area (Å²) in [7, 11) is 0. The minimum atomic E-state index is 0.886. The molecule has 0 bridgehead atoms. The van der Waals surface area contributed by atoms with Crippen LogP contribution < -0.4 is 5.32 Å². The average Bonchev–Trinajstić information content (AvgIpc) is 2.27. The monoisotopic (exact) mass is 219 g/mol. The first-order chi connectivity index (χ1) is 7.74. The van der Waals surface area contributed by atoms with Crippen LogP contribution in [0.3, 0.4) is 0 Å². The Hall–Kier alpha value is -0.960. The van der Waals surface area contributed by atoms with E-state index in [9.17, 15) is 0 Å². The molecule has 16 heavy (non-hydrogen) atoms. The molecular weight excluding hydrogens is 198 g/mol. The van der Waals surface area contributed by atoms with Crippen molar-refractivity contribution >= 4 is 0 Å². The molecule has 2 heterocycles. The molecule has 1 aromatic heterocycles. The van der Waals surface area contributed by atoms with Crippen LogP contribution in [0.4, 0.5) is 0 Å². The normalized spacial score (nSPS) is 17.6. The van der Waals surface area contributed by atoms with Gasteiger partial charge in [0.05, 0.1) is 0 Å². The minimum absolute atomic E-state index is 0.886. The van der Waals surface area contributed by atoms with Crippen LogP contribution in [0.1, 0.15) is 36.5 Å². The van der Waals surface area contributed by atoms with Crippen molar-refractivity contribution in [3.63, 3.8) is 0 Å². The maximum atomic E-state index is 4.49. The van der Waals surface area contributed by atoms with Gasteiger partial charge in [-0.15, -0.1) is 0 Å². The topological polar surface area (TPSA) is 37.8 Å². The van der Waals surface area contributed by atoms with Crippen LogP contribution in [-0.2, 0) is 6.42 Å². The van der Waals surface area contributed by atoms with Crippen molar-refractivity contribution in [1.29, 1.82) is 0 Å². The number of aryl methyl sites for hydroxylation is 3. The van der Waals surface area contributed by atoms with Gasteiger partial charge in [-0.25, -0.2) is 9.97 Å². The second-order valence-corrected chi connectivity index (χ2v) is 4.78. The van der Waals surface area contributed by atoms with Gasteiger partial charge in [0, 0.05) is 11.4 Å². The molecule has 0 aliphatic carbocycles. The predicted octanol–water partition coefficient (Wildman–Crippen LogP) is 2.03. The van der Waals surface area contributed by atoms with Gasteiger partial charge in [-0.1, -0.05) is 0 Å². The fourth-order valence-electron chi connectivity index (χ4n) is 2.44. The summed E-state index contributed by atoms with van der Waals surface area (Å²) >= 11 is 0. The second kappa shape index (κ2) is 5.39. The first-order valence-electron chi connectivity index (χ1n) is 6.26. The molecule has 1 N–H and O–H groups in total. The Balaban J connectivity index is 1.88. The van der Waals surface area contributed by atoms with Crippen molar-refractivity contribution in [3.05, 3.63) is 23.3 Å². The molecule has 3 heteroatoms. The summed E-state index contributed by atoms with van der Waals surface area (Å²) in [5, 5.41) is 3.41. The van der Waals surface area contributed by atoms with Crippen LogP contribution in [0.15, 0.2) is 6.07 Å². The molecule has 1 saturated heterocycles. The van der Waals surface area contributed by atoms with Gasteiger partial charge in [0.15, 0.2) is 0 Å². The Morgan fingerprint density at radius 3 is 2.69 bits per heavy atom. The highest BCUT2D eigenvalue weighted by Gasteiger charge is 2.13. The van der Waals surface area contributed by atoms with E-state index in [0.29, 0.717) is 0 Å². The molecule has 1 aliphatic heterocycles. The third-order valence-electron chi connectivity index (χ3n) is 3.29. The van der Waals surface area contributed by atoms with Gasteiger partial charge in [-0.2, -0.15) is 0 Å². The van der Waals surface area contributed by atoms with E-state index in [-0.39, 0.29) is 0 Å². The molecule has 0 atom stereocenters. The standard InChI is InChI=1S/C13H21N3/c1-10-9-13(16-11(2)15-10)4-3-12-5-7-14-8-6-12/h9,12,14H,3-8H2,1-2H3. The third-order valence-corrected chi connectivity index (χ3v) is 3.29. The maximum absolute atomic E-state index is 4.49. The Labute approximate surface area is 97.7 Å². The van der Waals surface area contributed by atoms with Crippen molar-refractivity contribution in [2.24, 2.45) is 5.92 Å². The van der Waals surface area contributed by atoms with E-state index in [4.69, 9.17) is 0 Å². The second-order valence-electron chi connectivity index (χ2n) is 4.78. The van der Waals surface area contributed by atoms with Gasteiger partial charge in [0.1, 0.15) is 5.82 Å². The summed E-state index contributed by atoms with van der Waals surface area (Å²) < 4.78 is 0. The lowest BCUT2D eigenvalue weighted by Crippen LogP contribution is -2.27. The van der Waals surface area contributed by atoms with Gasteiger partial charge < -0.3 is 5.32 Å². The Bertz CT molecular complexity index is 323. The quantitative estimate of drug-likeness (QED) is 0.845. The van der Waals surface area contributed by atoms with E-state index in [0.717, 1.165) is 23.9 Å². The molecule has 0 radical (unpaired) electrons. The summed E-state index contributed by atoms with van der Waals surface area (Å²) in [6, 6.07) is 2.12. The van der Waals surface area contributed by atoms with Gasteiger partial charge in [-0.3, -0.25) is 0 Å². The summed E-state index contributed by atoms with van der Waals surface area (Å²) in [6.45, 7) is 6.39. The Kier molecular flexibility index (Phi) is 3.88. The molecule has 88 valence electrons. The predicted molar refractivity (Wildman–Crippen MR) is 65.4 cm³/mol. The SMILES string of the molecule is Cc1cc(CCC2CCNCC2)nc(C)n1. The zero-order chi connectivity index (χ0) is 11.4. The molecule has 0 aromatic carbocycles. The largest absolute Gasteiger partial charge is 0.317 e. The highest BCUT2D eigenvalue weighted by atomic mass is 14.9. The maximum Gasteiger partial charge on any atom is 0.125 e. The number of aromatic nitrogens is 2. The van der Waals surface area contributed by atoms with Gasteiger partial charge in [-0.05, 0) is 64.6 Å². The van der Waals surface area contributed by atoms with Crippen LogP contribution in [0.25, 0.3) is 0 Å². The molecule has 1 aromatic rings. The van der Waals surface area contributed by atoms with Gasteiger partial charge >= 0.3 is 0 Å². The van der Waals surface area contributed by atoms with E-state index < -0.39 is 0 Å². The molecule has 0 unspecified atom stereocenters. The van der Waals surface area contributed by atoms with Crippen LogP contribution in [0.2, 0.25) is 0 Å². The lowest BCUT2D eigenvalue weighted by Gasteiger charge is -2.22.